The third kappa shape index (κ3) is 5.92. The van der Waals surface area contributed by atoms with Gasteiger partial charge in [-0.3, -0.25) is 4.79 Å². The van der Waals surface area contributed by atoms with Gasteiger partial charge in [0.2, 0.25) is 5.76 Å². The molecule has 1 aliphatic rings. The standard InChI is InChI=1S/C27H28BNO8/c1-26(2)27(3,4)37-28(36-26)19(15-29-25(33)34-16-17-8-6-5-7-9-17)12-18-10-11-22-20(13-18)21(30)14-23(35-22)24(31)32/h5-14H,15-16H2,1-4H3,(H,29,33)(H,31,32). The van der Waals surface area contributed by atoms with E-state index in [4.69, 9.17) is 23.6 Å². The summed E-state index contributed by atoms with van der Waals surface area (Å²) in [5.74, 6) is -1.76. The van der Waals surface area contributed by atoms with Crippen molar-refractivity contribution in [3.05, 3.63) is 87.2 Å². The number of ether oxygens (including phenoxy) is 1. The molecule has 2 heterocycles. The van der Waals surface area contributed by atoms with Crippen LogP contribution in [0.3, 0.4) is 0 Å². The largest absolute Gasteiger partial charge is 0.492 e. The van der Waals surface area contributed by atoms with E-state index in [1.165, 1.54) is 6.07 Å². The first-order chi connectivity index (χ1) is 17.4. The van der Waals surface area contributed by atoms with Gasteiger partial charge in [0.05, 0.1) is 16.6 Å². The lowest BCUT2D eigenvalue weighted by molar-refractivity contribution is 0.00578. The lowest BCUT2D eigenvalue weighted by Gasteiger charge is -2.32. The normalized spacial score (nSPS) is 16.5. The van der Waals surface area contributed by atoms with E-state index in [9.17, 15) is 14.4 Å². The van der Waals surface area contributed by atoms with E-state index in [1.54, 1.807) is 18.2 Å². The maximum atomic E-state index is 12.5. The molecular weight excluding hydrogens is 477 g/mol. The third-order valence-corrected chi connectivity index (χ3v) is 6.52. The maximum absolute atomic E-state index is 12.5. The van der Waals surface area contributed by atoms with Gasteiger partial charge >= 0.3 is 19.2 Å². The molecular formula is C27H28BNO8. The number of amides is 1. The van der Waals surface area contributed by atoms with E-state index in [-0.39, 0.29) is 24.1 Å². The van der Waals surface area contributed by atoms with Crippen molar-refractivity contribution in [2.45, 2.75) is 45.5 Å². The molecule has 0 aliphatic carbocycles. The fourth-order valence-electron chi connectivity index (χ4n) is 3.73. The first kappa shape index (κ1) is 26.2. The SMILES string of the molecule is CC1(C)OB(C(=Cc2ccc3oc(C(=O)O)cc(=O)c3c2)CNC(=O)OCc2ccccc2)OC1(C)C. The van der Waals surface area contributed by atoms with Gasteiger partial charge in [0.15, 0.2) is 5.43 Å². The highest BCUT2D eigenvalue weighted by Crippen LogP contribution is 2.38. The Morgan fingerprint density at radius 1 is 1.03 bits per heavy atom. The monoisotopic (exact) mass is 505 g/mol. The van der Waals surface area contributed by atoms with Crippen LogP contribution in [0.15, 0.2) is 69.3 Å². The molecule has 4 rings (SSSR count). The number of carbonyl (C=O) groups is 2. The zero-order valence-electron chi connectivity index (χ0n) is 21.1. The second-order valence-electron chi connectivity index (χ2n) is 9.76. The molecule has 1 aliphatic heterocycles. The molecule has 1 fully saturated rings. The maximum Gasteiger partial charge on any atom is 0.492 e. The van der Waals surface area contributed by atoms with E-state index in [0.717, 1.165) is 11.6 Å². The number of benzene rings is 2. The van der Waals surface area contributed by atoms with Crippen LogP contribution < -0.4 is 10.7 Å². The van der Waals surface area contributed by atoms with E-state index >= 15 is 0 Å². The van der Waals surface area contributed by atoms with Crippen LogP contribution in [-0.4, -0.2) is 42.0 Å². The van der Waals surface area contributed by atoms with Crippen LogP contribution in [-0.2, 0) is 20.7 Å². The van der Waals surface area contributed by atoms with Gasteiger partial charge < -0.3 is 28.9 Å². The number of hydrogen-bond donors (Lipinski definition) is 2. The molecule has 0 radical (unpaired) electrons. The number of hydrogen-bond acceptors (Lipinski definition) is 7. The van der Waals surface area contributed by atoms with Crippen molar-refractivity contribution in [2.24, 2.45) is 0 Å². The Labute approximate surface area is 214 Å². The van der Waals surface area contributed by atoms with Gasteiger partial charge in [0.25, 0.3) is 0 Å². The average Bonchev–Trinajstić information content (AvgIpc) is 3.07. The van der Waals surface area contributed by atoms with Crippen LogP contribution in [0.4, 0.5) is 4.79 Å². The smallest absolute Gasteiger partial charge is 0.475 e. The predicted octanol–water partition coefficient (Wildman–Crippen LogP) is 4.43. The minimum absolute atomic E-state index is 0.0645. The number of carboxylic acids is 1. The lowest BCUT2D eigenvalue weighted by atomic mass is 9.77. The summed E-state index contributed by atoms with van der Waals surface area (Å²) in [6, 6.07) is 15.1. The molecule has 0 bridgehead atoms. The summed E-state index contributed by atoms with van der Waals surface area (Å²) in [6.07, 6.45) is 1.15. The fraction of sp³-hybridized carbons (Fsp3) is 0.296. The van der Waals surface area contributed by atoms with Gasteiger partial charge in [-0.2, -0.15) is 0 Å². The number of carboxylic acid groups (broad SMARTS) is 1. The second kappa shape index (κ2) is 10.2. The topological polar surface area (TPSA) is 124 Å². The number of nitrogens with one attached hydrogen (secondary N) is 1. The molecule has 0 spiro atoms. The molecule has 10 heteroatoms. The molecule has 2 aromatic carbocycles. The van der Waals surface area contributed by atoms with Crippen molar-refractivity contribution in [1.29, 1.82) is 0 Å². The lowest BCUT2D eigenvalue weighted by Crippen LogP contribution is -2.41. The summed E-state index contributed by atoms with van der Waals surface area (Å²) in [5.41, 5.74) is 0.536. The summed E-state index contributed by atoms with van der Waals surface area (Å²) >= 11 is 0. The summed E-state index contributed by atoms with van der Waals surface area (Å²) in [4.78, 5) is 36.1. The molecule has 0 unspecified atom stereocenters. The van der Waals surface area contributed by atoms with Crippen molar-refractivity contribution in [3.63, 3.8) is 0 Å². The Morgan fingerprint density at radius 2 is 1.70 bits per heavy atom. The van der Waals surface area contributed by atoms with Gasteiger partial charge in [-0.25, -0.2) is 9.59 Å². The second-order valence-corrected chi connectivity index (χ2v) is 9.76. The van der Waals surface area contributed by atoms with Gasteiger partial charge in [-0.15, -0.1) is 0 Å². The summed E-state index contributed by atoms with van der Waals surface area (Å²) < 4.78 is 23.0. The summed E-state index contributed by atoms with van der Waals surface area (Å²) in [6.45, 7) is 7.89. The van der Waals surface area contributed by atoms with E-state index in [2.05, 4.69) is 5.32 Å². The highest BCUT2D eigenvalue weighted by atomic mass is 16.7. The molecule has 9 nitrogen and oxygen atoms in total. The van der Waals surface area contributed by atoms with Crippen LogP contribution in [0.2, 0.25) is 0 Å². The fourth-order valence-corrected chi connectivity index (χ4v) is 3.73. The zero-order valence-corrected chi connectivity index (χ0v) is 21.1. The number of rotatable bonds is 7. The van der Waals surface area contributed by atoms with E-state index in [1.807, 2.05) is 58.0 Å². The third-order valence-electron chi connectivity index (χ3n) is 6.52. The van der Waals surface area contributed by atoms with Crippen molar-refractivity contribution in [3.8, 4) is 0 Å². The highest BCUT2D eigenvalue weighted by molar-refractivity contribution is 6.56. The van der Waals surface area contributed by atoms with Crippen molar-refractivity contribution in [2.75, 3.05) is 6.54 Å². The van der Waals surface area contributed by atoms with Gasteiger partial charge in [0, 0.05) is 12.6 Å². The molecule has 3 aromatic rings. The molecule has 1 aromatic heterocycles. The number of aromatic carboxylic acids is 1. The van der Waals surface area contributed by atoms with Gasteiger partial charge in [-0.05, 0) is 56.4 Å². The summed E-state index contributed by atoms with van der Waals surface area (Å²) in [7, 11) is -0.763. The molecule has 1 amide bonds. The minimum atomic E-state index is -1.32. The zero-order chi connectivity index (χ0) is 26.8. The molecule has 192 valence electrons. The molecule has 0 atom stereocenters. The number of carbonyl (C=O) groups excluding carboxylic acids is 1. The Hall–Kier alpha value is -3.89. The van der Waals surface area contributed by atoms with Crippen molar-refractivity contribution >= 4 is 36.2 Å². The van der Waals surface area contributed by atoms with Crippen LogP contribution in [0, 0.1) is 0 Å². The highest BCUT2D eigenvalue weighted by Gasteiger charge is 2.52. The number of fused-ring (bicyclic) bond motifs is 1. The Bertz CT molecular complexity index is 1390. The van der Waals surface area contributed by atoms with Crippen molar-refractivity contribution in [1.82, 2.24) is 5.32 Å². The Balaban J connectivity index is 1.59. The van der Waals surface area contributed by atoms with E-state index < -0.39 is 41.6 Å². The predicted molar refractivity (Wildman–Crippen MR) is 138 cm³/mol. The first-order valence-electron chi connectivity index (χ1n) is 11.8. The Morgan fingerprint density at radius 3 is 2.35 bits per heavy atom. The van der Waals surface area contributed by atoms with Gasteiger partial charge in [-0.1, -0.05) is 42.5 Å². The first-order valence-corrected chi connectivity index (χ1v) is 11.8. The molecule has 2 N–H and O–H groups in total. The van der Waals surface area contributed by atoms with Crippen molar-refractivity contribution < 1.29 is 33.2 Å². The van der Waals surface area contributed by atoms with Crippen LogP contribution >= 0.6 is 0 Å². The molecule has 1 saturated heterocycles. The van der Waals surface area contributed by atoms with Crippen LogP contribution in [0.1, 0.15) is 49.4 Å². The molecule has 37 heavy (non-hydrogen) atoms. The quantitative estimate of drug-likeness (QED) is 0.452. The number of alkyl carbamates (subject to hydrolysis) is 1. The van der Waals surface area contributed by atoms with Gasteiger partial charge in [0.1, 0.15) is 12.2 Å². The summed E-state index contributed by atoms with van der Waals surface area (Å²) in [5, 5.41) is 12.1. The van der Waals surface area contributed by atoms with Crippen LogP contribution in [0.5, 0.6) is 0 Å². The minimum Gasteiger partial charge on any atom is -0.475 e. The Kier molecular flexibility index (Phi) is 7.24. The average molecular weight is 505 g/mol. The van der Waals surface area contributed by atoms with Crippen LogP contribution in [0.25, 0.3) is 17.0 Å². The van der Waals surface area contributed by atoms with E-state index in [0.29, 0.717) is 11.0 Å². The molecule has 0 saturated carbocycles.